The van der Waals surface area contributed by atoms with Crippen molar-refractivity contribution in [1.82, 2.24) is 4.90 Å². The Hall–Kier alpha value is -2.86. The molecule has 152 valence electrons. The third kappa shape index (κ3) is 4.12. The summed E-state index contributed by atoms with van der Waals surface area (Å²) in [6.07, 6.45) is 0.0797. The fraction of sp³-hybridized carbons (Fsp3) is 0.391. The van der Waals surface area contributed by atoms with Gasteiger partial charge in [-0.15, -0.1) is 0 Å². The average Bonchev–Trinajstić information content (AvgIpc) is 2.69. The number of aryl methyl sites for hydroxylation is 1. The molecule has 2 amide bonds. The Balaban J connectivity index is 1.49. The zero-order valence-electron chi connectivity index (χ0n) is 17.1. The van der Waals surface area contributed by atoms with E-state index in [-0.39, 0.29) is 30.6 Å². The van der Waals surface area contributed by atoms with Gasteiger partial charge in [-0.25, -0.2) is 0 Å². The number of carbonyl (C=O) groups excluding carboxylic acids is 2. The highest BCUT2D eigenvalue weighted by atomic mass is 16.5. The molecule has 29 heavy (non-hydrogen) atoms. The maximum Gasteiger partial charge on any atom is 0.265 e. The van der Waals surface area contributed by atoms with Crippen molar-refractivity contribution in [2.45, 2.75) is 39.5 Å². The predicted octanol–water partition coefficient (Wildman–Crippen LogP) is 3.17. The Morgan fingerprint density at radius 2 is 1.76 bits per heavy atom. The van der Waals surface area contributed by atoms with E-state index in [0.29, 0.717) is 25.2 Å². The van der Waals surface area contributed by atoms with Crippen LogP contribution in [-0.2, 0) is 16.1 Å². The second-order valence-electron chi connectivity index (χ2n) is 7.90. The zero-order valence-corrected chi connectivity index (χ0v) is 17.1. The van der Waals surface area contributed by atoms with Crippen LogP contribution < -0.4 is 9.64 Å². The van der Waals surface area contributed by atoms with Crippen LogP contribution in [0.15, 0.2) is 42.5 Å². The number of carbonyl (C=O) groups is 2. The zero-order chi connectivity index (χ0) is 20.5. The molecule has 2 aliphatic heterocycles. The number of fused-ring (bicyclic) bond motifs is 1. The lowest BCUT2D eigenvalue weighted by Crippen LogP contribution is -2.48. The van der Waals surface area contributed by atoms with E-state index in [0.717, 1.165) is 22.6 Å². The van der Waals surface area contributed by atoms with Crippen molar-refractivity contribution >= 4 is 17.5 Å². The van der Waals surface area contributed by atoms with E-state index in [4.69, 9.17) is 9.47 Å². The highest BCUT2D eigenvalue weighted by molar-refractivity contribution is 5.98. The molecule has 2 aliphatic rings. The molecule has 2 aromatic rings. The number of amides is 2. The topological polar surface area (TPSA) is 59.1 Å². The van der Waals surface area contributed by atoms with Gasteiger partial charge in [0, 0.05) is 18.7 Å². The minimum atomic E-state index is -0.0715. The Morgan fingerprint density at radius 1 is 1.07 bits per heavy atom. The third-order valence-electron chi connectivity index (χ3n) is 5.31. The van der Waals surface area contributed by atoms with E-state index in [9.17, 15) is 9.59 Å². The van der Waals surface area contributed by atoms with Gasteiger partial charge in [0.2, 0.25) is 0 Å². The van der Waals surface area contributed by atoms with Crippen molar-refractivity contribution in [2.24, 2.45) is 0 Å². The number of anilines is 1. The lowest BCUT2D eigenvalue weighted by molar-refractivity contribution is -0.121. The SMILES string of the molecule is Cc1ccc2c(c1)OCC(=O)N2Cc1ccc(C(=O)N2CC(C)OC(C)C2)cc1. The van der Waals surface area contributed by atoms with Crippen LogP contribution >= 0.6 is 0 Å². The summed E-state index contributed by atoms with van der Waals surface area (Å²) in [6, 6.07) is 13.3. The maximum atomic E-state index is 12.8. The summed E-state index contributed by atoms with van der Waals surface area (Å²) in [5.74, 6) is 0.673. The number of benzene rings is 2. The second-order valence-corrected chi connectivity index (χ2v) is 7.90. The number of hydrogen-bond donors (Lipinski definition) is 0. The van der Waals surface area contributed by atoms with Gasteiger partial charge >= 0.3 is 0 Å². The van der Waals surface area contributed by atoms with Crippen molar-refractivity contribution in [3.05, 3.63) is 59.2 Å². The van der Waals surface area contributed by atoms with Crippen molar-refractivity contribution < 1.29 is 19.1 Å². The van der Waals surface area contributed by atoms with E-state index in [1.54, 1.807) is 4.90 Å². The Morgan fingerprint density at radius 3 is 2.45 bits per heavy atom. The fourth-order valence-electron chi connectivity index (χ4n) is 3.95. The minimum absolute atomic E-state index is 0.0156. The summed E-state index contributed by atoms with van der Waals surface area (Å²) in [5.41, 5.74) is 3.49. The third-order valence-corrected chi connectivity index (χ3v) is 5.31. The van der Waals surface area contributed by atoms with Crippen LogP contribution in [0, 0.1) is 6.92 Å². The second kappa shape index (κ2) is 7.87. The molecule has 0 aromatic heterocycles. The predicted molar refractivity (Wildman–Crippen MR) is 110 cm³/mol. The molecule has 0 bridgehead atoms. The molecule has 0 radical (unpaired) electrons. The van der Waals surface area contributed by atoms with Crippen molar-refractivity contribution in [2.75, 3.05) is 24.6 Å². The van der Waals surface area contributed by atoms with Gasteiger partial charge < -0.3 is 19.3 Å². The van der Waals surface area contributed by atoms with Gasteiger partial charge in [-0.05, 0) is 56.2 Å². The molecule has 2 aromatic carbocycles. The van der Waals surface area contributed by atoms with Crippen LogP contribution in [0.2, 0.25) is 0 Å². The summed E-state index contributed by atoms with van der Waals surface area (Å²) in [7, 11) is 0. The maximum absolute atomic E-state index is 12.8. The number of nitrogens with zero attached hydrogens (tertiary/aromatic N) is 2. The van der Waals surface area contributed by atoms with Gasteiger partial charge in [-0.2, -0.15) is 0 Å². The van der Waals surface area contributed by atoms with Crippen molar-refractivity contribution in [3.8, 4) is 5.75 Å². The number of ether oxygens (including phenoxy) is 2. The standard InChI is InChI=1S/C23H26N2O4/c1-15-4-9-20-21(10-15)28-14-22(26)25(20)13-18-5-7-19(8-6-18)23(27)24-11-16(2)29-17(3)12-24/h4-10,16-17H,11-14H2,1-3H3. The van der Waals surface area contributed by atoms with E-state index >= 15 is 0 Å². The van der Waals surface area contributed by atoms with Crippen LogP contribution in [0.3, 0.4) is 0 Å². The van der Waals surface area contributed by atoms with Gasteiger partial charge in [0.15, 0.2) is 6.61 Å². The molecule has 4 rings (SSSR count). The van der Waals surface area contributed by atoms with Gasteiger partial charge in [-0.3, -0.25) is 9.59 Å². The quantitative estimate of drug-likeness (QED) is 0.802. The molecule has 1 saturated heterocycles. The summed E-state index contributed by atoms with van der Waals surface area (Å²) in [6.45, 7) is 7.65. The van der Waals surface area contributed by atoms with Crippen molar-refractivity contribution in [1.29, 1.82) is 0 Å². The normalized spacial score (nSPS) is 21.6. The Kier molecular flexibility index (Phi) is 5.28. The van der Waals surface area contributed by atoms with Gasteiger partial charge in [0.1, 0.15) is 5.75 Å². The minimum Gasteiger partial charge on any atom is -0.482 e. The van der Waals surface area contributed by atoms with Crippen LogP contribution in [0.4, 0.5) is 5.69 Å². The first-order chi connectivity index (χ1) is 13.9. The summed E-state index contributed by atoms with van der Waals surface area (Å²) < 4.78 is 11.3. The highest BCUT2D eigenvalue weighted by Gasteiger charge is 2.27. The molecule has 0 N–H and O–H groups in total. The molecular weight excluding hydrogens is 368 g/mol. The lowest BCUT2D eigenvalue weighted by Gasteiger charge is -2.35. The van der Waals surface area contributed by atoms with E-state index in [2.05, 4.69) is 0 Å². The first kappa shape index (κ1) is 19.5. The number of hydrogen-bond acceptors (Lipinski definition) is 4. The van der Waals surface area contributed by atoms with Crippen LogP contribution in [0.1, 0.15) is 35.3 Å². The smallest absolute Gasteiger partial charge is 0.265 e. The fourth-order valence-corrected chi connectivity index (χ4v) is 3.95. The first-order valence-electron chi connectivity index (χ1n) is 9.98. The molecule has 2 atom stereocenters. The number of rotatable bonds is 3. The lowest BCUT2D eigenvalue weighted by atomic mass is 10.1. The number of morpholine rings is 1. The molecule has 1 fully saturated rings. The van der Waals surface area contributed by atoms with E-state index < -0.39 is 0 Å². The first-order valence-corrected chi connectivity index (χ1v) is 9.98. The Bertz CT molecular complexity index is 915. The molecule has 2 heterocycles. The molecule has 6 nitrogen and oxygen atoms in total. The Labute approximate surface area is 171 Å². The molecule has 2 unspecified atom stereocenters. The van der Waals surface area contributed by atoms with E-state index in [1.807, 2.05) is 68.1 Å². The van der Waals surface area contributed by atoms with E-state index in [1.165, 1.54) is 0 Å². The van der Waals surface area contributed by atoms with Gasteiger partial charge in [0.05, 0.1) is 24.4 Å². The summed E-state index contributed by atoms with van der Waals surface area (Å²) >= 11 is 0. The summed E-state index contributed by atoms with van der Waals surface area (Å²) in [5, 5.41) is 0. The summed E-state index contributed by atoms with van der Waals surface area (Å²) in [4.78, 5) is 28.8. The highest BCUT2D eigenvalue weighted by Crippen LogP contribution is 2.33. The van der Waals surface area contributed by atoms with Crippen LogP contribution in [-0.4, -0.2) is 48.6 Å². The van der Waals surface area contributed by atoms with Crippen LogP contribution in [0.25, 0.3) is 0 Å². The molecule has 6 heteroatoms. The molecule has 0 saturated carbocycles. The molecule has 0 aliphatic carbocycles. The van der Waals surface area contributed by atoms with Crippen molar-refractivity contribution in [3.63, 3.8) is 0 Å². The monoisotopic (exact) mass is 394 g/mol. The average molecular weight is 394 g/mol. The largest absolute Gasteiger partial charge is 0.482 e. The van der Waals surface area contributed by atoms with Crippen LogP contribution in [0.5, 0.6) is 5.75 Å². The van der Waals surface area contributed by atoms with Gasteiger partial charge in [-0.1, -0.05) is 18.2 Å². The molecular formula is C23H26N2O4. The molecule has 0 spiro atoms. The van der Waals surface area contributed by atoms with Gasteiger partial charge in [0.25, 0.3) is 11.8 Å².